The molecular weight excluding hydrogens is 612 g/mol. The van der Waals surface area contributed by atoms with Gasteiger partial charge >= 0.3 is 0 Å². The SMILES string of the molecule is OC1(c2ccccc2-c2ccccc2)c2cc(Br)c3ccccc3c2-c2c1cc(Br)c1c2oc2ccccc21. The summed E-state index contributed by atoms with van der Waals surface area (Å²) < 4.78 is 8.44. The first-order valence-electron chi connectivity index (χ1n) is 12.8. The Balaban J connectivity index is 1.59. The van der Waals surface area contributed by atoms with Crippen molar-refractivity contribution in [2.45, 2.75) is 5.60 Å². The van der Waals surface area contributed by atoms with E-state index in [9.17, 15) is 5.11 Å². The normalized spacial score (nSPS) is 16.2. The van der Waals surface area contributed by atoms with Gasteiger partial charge in [-0.25, -0.2) is 0 Å². The summed E-state index contributed by atoms with van der Waals surface area (Å²) >= 11 is 7.70. The third-order valence-electron chi connectivity index (χ3n) is 8.03. The van der Waals surface area contributed by atoms with E-state index in [2.05, 4.69) is 86.5 Å². The van der Waals surface area contributed by atoms with Gasteiger partial charge in [0.05, 0.1) is 0 Å². The average Bonchev–Trinajstić information content (AvgIpc) is 3.49. The molecule has 0 saturated carbocycles. The number of hydrogen-bond donors (Lipinski definition) is 1. The second-order valence-corrected chi connectivity index (χ2v) is 11.7. The maximum atomic E-state index is 13.2. The summed E-state index contributed by atoms with van der Waals surface area (Å²) in [6.45, 7) is 0. The highest BCUT2D eigenvalue weighted by atomic mass is 79.9. The van der Waals surface area contributed by atoms with Gasteiger partial charge in [-0.15, -0.1) is 0 Å². The van der Waals surface area contributed by atoms with Gasteiger partial charge in [0, 0.05) is 47.5 Å². The molecule has 0 aliphatic heterocycles. The largest absolute Gasteiger partial charge is 0.455 e. The van der Waals surface area contributed by atoms with Crippen LogP contribution >= 0.6 is 31.9 Å². The summed E-state index contributed by atoms with van der Waals surface area (Å²) in [6, 6.07) is 39.1. The van der Waals surface area contributed by atoms with Gasteiger partial charge in [-0.1, -0.05) is 113 Å². The van der Waals surface area contributed by atoms with Crippen LogP contribution < -0.4 is 0 Å². The van der Waals surface area contributed by atoms with Gasteiger partial charge in [0.2, 0.25) is 0 Å². The average molecular weight is 632 g/mol. The maximum absolute atomic E-state index is 13.2. The highest BCUT2D eigenvalue weighted by Gasteiger charge is 2.47. The molecule has 7 aromatic rings. The second kappa shape index (κ2) is 8.40. The number of rotatable bonds is 2. The van der Waals surface area contributed by atoms with Crippen molar-refractivity contribution in [2.24, 2.45) is 0 Å². The van der Waals surface area contributed by atoms with Crippen LogP contribution in [0.3, 0.4) is 0 Å². The Labute approximate surface area is 241 Å². The highest BCUT2D eigenvalue weighted by Crippen LogP contribution is 2.59. The molecule has 0 spiro atoms. The van der Waals surface area contributed by atoms with Crippen LogP contribution in [-0.4, -0.2) is 5.11 Å². The molecule has 6 aromatic carbocycles. The minimum Gasteiger partial charge on any atom is -0.455 e. The van der Waals surface area contributed by atoms with Crippen LogP contribution in [0.5, 0.6) is 0 Å². The fraction of sp³-hybridized carbons (Fsp3) is 0.0286. The summed E-state index contributed by atoms with van der Waals surface area (Å²) in [5, 5.41) is 17.4. The first kappa shape index (κ1) is 23.2. The third kappa shape index (κ3) is 3.11. The van der Waals surface area contributed by atoms with Crippen molar-refractivity contribution < 1.29 is 9.52 Å². The highest BCUT2D eigenvalue weighted by molar-refractivity contribution is 9.11. The molecule has 1 aliphatic rings. The van der Waals surface area contributed by atoms with Gasteiger partial charge in [-0.05, 0) is 56.0 Å². The molecule has 4 heteroatoms. The van der Waals surface area contributed by atoms with Gasteiger partial charge in [0.1, 0.15) is 16.8 Å². The minimum absolute atomic E-state index is 0.780. The van der Waals surface area contributed by atoms with Crippen molar-refractivity contribution in [1.82, 2.24) is 0 Å². The lowest BCUT2D eigenvalue weighted by Gasteiger charge is -2.29. The Kier molecular flexibility index (Phi) is 5.00. The van der Waals surface area contributed by atoms with E-state index >= 15 is 0 Å². The fourth-order valence-corrected chi connectivity index (χ4v) is 7.57. The Morgan fingerprint density at radius 1 is 0.564 bits per heavy atom. The summed E-state index contributed by atoms with van der Waals surface area (Å²) in [4.78, 5) is 0. The molecule has 1 heterocycles. The van der Waals surface area contributed by atoms with Gasteiger partial charge in [0.25, 0.3) is 0 Å². The van der Waals surface area contributed by atoms with Crippen molar-refractivity contribution in [3.8, 4) is 22.3 Å². The van der Waals surface area contributed by atoms with E-state index in [-0.39, 0.29) is 0 Å². The maximum Gasteiger partial charge on any atom is 0.144 e. The second-order valence-electron chi connectivity index (χ2n) is 10.0. The molecule has 1 unspecified atom stereocenters. The van der Waals surface area contributed by atoms with Crippen LogP contribution in [0.4, 0.5) is 0 Å². The van der Waals surface area contributed by atoms with Crippen molar-refractivity contribution in [3.05, 3.63) is 141 Å². The summed E-state index contributed by atoms with van der Waals surface area (Å²) in [6.07, 6.45) is 0. The zero-order chi connectivity index (χ0) is 26.3. The predicted molar refractivity (Wildman–Crippen MR) is 166 cm³/mol. The lowest BCUT2D eigenvalue weighted by atomic mass is 9.80. The van der Waals surface area contributed by atoms with Crippen LogP contribution in [0, 0.1) is 0 Å². The zero-order valence-corrected chi connectivity index (χ0v) is 23.8. The zero-order valence-electron chi connectivity index (χ0n) is 20.6. The fourth-order valence-electron chi connectivity index (χ4n) is 6.37. The Hall–Kier alpha value is -3.70. The molecule has 0 bridgehead atoms. The molecule has 2 nitrogen and oxygen atoms in total. The smallest absolute Gasteiger partial charge is 0.144 e. The number of fused-ring (bicyclic) bond motifs is 9. The number of hydrogen-bond acceptors (Lipinski definition) is 2. The van der Waals surface area contributed by atoms with E-state index in [1.165, 1.54) is 0 Å². The lowest BCUT2D eigenvalue weighted by molar-refractivity contribution is 0.131. The van der Waals surface area contributed by atoms with Crippen molar-refractivity contribution in [1.29, 1.82) is 0 Å². The van der Waals surface area contributed by atoms with Crippen molar-refractivity contribution in [3.63, 3.8) is 0 Å². The number of benzene rings is 6. The van der Waals surface area contributed by atoms with Crippen molar-refractivity contribution >= 4 is 64.6 Å². The number of aliphatic hydroxyl groups is 1. The van der Waals surface area contributed by atoms with Crippen LogP contribution in [0.2, 0.25) is 0 Å². The Bertz CT molecular complexity index is 2110. The van der Waals surface area contributed by atoms with Gasteiger partial charge in [0.15, 0.2) is 0 Å². The molecule has 0 saturated heterocycles. The first-order valence-corrected chi connectivity index (χ1v) is 14.4. The number of para-hydroxylation sites is 1. The van der Waals surface area contributed by atoms with Gasteiger partial charge in [-0.3, -0.25) is 0 Å². The van der Waals surface area contributed by atoms with Crippen LogP contribution in [-0.2, 0) is 5.60 Å². The molecule has 1 aromatic heterocycles. The summed E-state index contributed by atoms with van der Waals surface area (Å²) in [7, 11) is 0. The molecule has 1 atom stereocenters. The molecule has 1 aliphatic carbocycles. The minimum atomic E-state index is -1.42. The topological polar surface area (TPSA) is 33.4 Å². The van der Waals surface area contributed by atoms with E-state index in [1.54, 1.807) is 0 Å². The van der Waals surface area contributed by atoms with Crippen LogP contribution in [0.25, 0.3) is 55.0 Å². The summed E-state index contributed by atoms with van der Waals surface area (Å²) in [5.74, 6) is 0. The Morgan fingerprint density at radius 2 is 1.18 bits per heavy atom. The van der Waals surface area contributed by atoms with Crippen LogP contribution in [0.15, 0.2) is 129 Å². The molecule has 0 amide bonds. The molecule has 186 valence electrons. The number of furan rings is 1. The standard InChI is InChI=1S/C35H20Br2O2/c36-28-18-26-31(23-14-5-4-13-22(23)28)33-27(19-29(37)32-24-15-7-9-17-30(24)39-34(32)33)35(26,38)25-16-8-6-12-21(25)20-10-2-1-3-11-20/h1-19,38H. The lowest BCUT2D eigenvalue weighted by Crippen LogP contribution is -2.27. The third-order valence-corrected chi connectivity index (χ3v) is 9.31. The number of halogens is 2. The van der Waals surface area contributed by atoms with E-state index in [1.807, 2.05) is 60.7 Å². The van der Waals surface area contributed by atoms with E-state index < -0.39 is 5.60 Å². The van der Waals surface area contributed by atoms with Gasteiger partial charge in [-0.2, -0.15) is 0 Å². The predicted octanol–water partition coefficient (Wildman–Crippen LogP) is 10.2. The first-order chi connectivity index (χ1) is 19.1. The van der Waals surface area contributed by atoms with Crippen molar-refractivity contribution in [2.75, 3.05) is 0 Å². The van der Waals surface area contributed by atoms with Crippen LogP contribution in [0.1, 0.15) is 16.7 Å². The quantitative estimate of drug-likeness (QED) is 0.206. The molecule has 39 heavy (non-hydrogen) atoms. The Morgan fingerprint density at radius 3 is 2.00 bits per heavy atom. The van der Waals surface area contributed by atoms with E-state index in [0.29, 0.717) is 0 Å². The van der Waals surface area contributed by atoms with Gasteiger partial charge < -0.3 is 9.52 Å². The molecular formula is C35H20Br2O2. The van der Waals surface area contributed by atoms with E-state index in [4.69, 9.17) is 4.42 Å². The molecule has 8 rings (SSSR count). The van der Waals surface area contributed by atoms with E-state index in [0.717, 1.165) is 80.6 Å². The summed E-state index contributed by atoms with van der Waals surface area (Å²) in [5.41, 5.74) is 6.66. The monoisotopic (exact) mass is 630 g/mol. The molecule has 1 N–H and O–H groups in total. The molecule has 0 fully saturated rings. The molecule has 0 radical (unpaired) electrons.